The van der Waals surface area contributed by atoms with Crippen molar-refractivity contribution in [2.45, 2.75) is 64.7 Å². The van der Waals surface area contributed by atoms with Gasteiger partial charge in [0.1, 0.15) is 0 Å². The Morgan fingerprint density at radius 3 is 2.29 bits per heavy atom. The Morgan fingerprint density at radius 2 is 1.53 bits per heavy atom. The van der Waals surface area contributed by atoms with Crippen LogP contribution in [0.3, 0.4) is 0 Å². The number of ether oxygens (including phenoxy) is 1. The first-order chi connectivity index (χ1) is 8.41. The van der Waals surface area contributed by atoms with Gasteiger partial charge in [0.2, 0.25) is 0 Å². The molecule has 2 heteroatoms. The fourth-order valence-corrected chi connectivity index (χ4v) is 1.70. The quantitative estimate of drug-likeness (QED) is 0.389. The van der Waals surface area contributed by atoms with Gasteiger partial charge in [0.15, 0.2) is 0 Å². The Balaban J connectivity index is 2.99. The molecule has 1 N–H and O–H groups in total. The molecule has 0 bridgehead atoms. The number of aliphatic hydroxyl groups is 1. The Labute approximate surface area is 107 Å². The molecule has 0 saturated heterocycles. The van der Waals surface area contributed by atoms with E-state index in [0.717, 1.165) is 19.4 Å². The average Bonchev–Trinajstić information content (AvgIpc) is 2.35. The third-order valence-corrected chi connectivity index (χ3v) is 2.77. The van der Waals surface area contributed by atoms with Gasteiger partial charge in [-0.3, -0.25) is 0 Å². The molecule has 0 unspecified atom stereocenters. The number of aliphatic hydroxyl groups excluding tert-OH is 1. The van der Waals surface area contributed by atoms with Crippen LogP contribution in [-0.2, 0) is 4.74 Å². The summed E-state index contributed by atoms with van der Waals surface area (Å²) in [6, 6.07) is 0. The van der Waals surface area contributed by atoms with Crippen LogP contribution >= 0.6 is 0 Å². The van der Waals surface area contributed by atoms with Gasteiger partial charge in [-0.15, -0.1) is 0 Å². The number of hydrogen-bond acceptors (Lipinski definition) is 2. The highest BCUT2D eigenvalue weighted by Gasteiger charge is 1.88. The topological polar surface area (TPSA) is 29.5 Å². The molecular weight excluding hydrogens is 212 g/mol. The molecule has 0 aliphatic heterocycles. The van der Waals surface area contributed by atoms with Crippen molar-refractivity contribution in [2.75, 3.05) is 19.8 Å². The Hall–Kier alpha value is -0.340. The normalized spacial score (nSPS) is 11.4. The van der Waals surface area contributed by atoms with Gasteiger partial charge >= 0.3 is 0 Å². The van der Waals surface area contributed by atoms with E-state index in [-0.39, 0.29) is 6.61 Å². The monoisotopic (exact) mass is 242 g/mol. The van der Waals surface area contributed by atoms with Crippen LogP contribution < -0.4 is 0 Å². The molecule has 17 heavy (non-hydrogen) atoms. The van der Waals surface area contributed by atoms with Crippen LogP contribution in [0.2, 0.25) is 0 Å². The molecule has 0 aromatic carbocycles. The lowest BCUT2D eigenvalue weighted by atomic mass is 10.1. The van der Waals surface area contributed by atoms with Gasteiger partial charge < -0.3 is 9.84 Å². The van der Waals surface area contributed by atoms with Crippen molar-refractivity contribution < 1.29 is 9.84 Å². The molecule has 2 nitrogen and oxygen atoms in total. The Kier molecular flexibility index (Phi) is 15.3. The molecule has 0 amide bonds. The highest BCUT2D eigenvalue weighted by Crippen LogP contribution is 2.07. The summed E-state index contributed by atoms with van der Waals surface area (Å²) >= 11 is 0. The number of hydrogen-bond donors (Lipinski definition) is 1. The van der Waals surface area contributed by atoms with Crippen LogP contribution in [0, 0.1) is 0 Å². The minimum absolute atomic E-state index is 0.230. The molecule has 0 aromatic rings. The van der Waals surface area contributed by atoms with E-state index >= 15 is 0 Å². The summed E-state index contributed by atoms with van der Waals surface area (Å²) in [4.78, 5) is 0. The van der Waals surface area contributed by atoms with E-state index in [2.05, 4.69) is 19.1 Å². The molecule has 0 saturated carbocycles. The number of allylic oxidation sites excluding steroid dienone is 1. The molecule has 0 atom stereocenters. The van der Waals surface area contributed by atoms with E-state index in [0.29, 0.717) is 6.61 Å². The molecule has 0 fully saturated rings. The first kappa shape index (κ1) is 16.7. The molecule has 0 spiro atoms. The molecule has 0 heterocycles. The highest BCUT2D eigenvalue weighted by atomic mass is 16.5. The van der Waals surface area contributed by atoms with E-state index in [1.54, 1.807) is 0 Å². The lowest BCUT2D eigenvalue weighted by molar-refractivity contribution is 0.120. The maximum Gasteiger partial charge on any atom is 0.0500 e. The maximum absolute atomic E-state index is 8.55. The molecule has 0 aliphatic carbocycles. The molecule has 0 rings (SSSR count). The summed E-state index contributed by atoms with van der Waals surface area (Å²) in [6.45, 7) is 3.95. The van der Waals surface area contributed by atoms with Crippen molar-refractivity contribution in [1.82, 2.24) is 0 Å². The van der Waals surface area contributed by atoms with Crippen LogP contribution in [0.1, 0.15) is 64.7 Å². The fraction of sp³-hybridized carbons (Fsp3) is 0.867. The minimum Gasteiger partial charge on any atom is -0.396 e. The zero-order chi connectivity index (χ0) is 12.6. The van der Waals surface area contributed by atoms with Gasteiger partial charge in [0.25, 0.3) is 0 Å². The zero-order valence-electron chi connectivity index (χ0n) is 11.5. The SMILES string of the molecule is CCCCCCCCC=CCCOCCCO. The summed E-state index contributed by atoms with van der Waals surface area (Å²) in [5.41, 5.74) is 0. The maximum atomic E-state index is 8.55. The molecule has 0 aliphatic rings. The van der Waals surface area contributed by atoms with Gasteiger partial charge in [-0.25, -0.2) is 0 Å². The van der Waals surface area contributed by atoms with Crippen LogP contribution in [0.4, 0.5) is 0 Å². The van der Waals surface area contributed by atoms with E-state index in [9.17, 15) is 0 Å². The second-order valence-electron chi connectivity index (χ2n) is 4.51. The Morgan fingerprint density at radius 1 is 0.824 bits per heavy atom. The third-order valence-electron chi connectivity index (χ3n) is 2.77. The minimum atomic E-state index is 0.230. The van der Waals surface area contributed by atoms with Gasteiger partial charge in [0.05, 0.1) is 6.61 Å². The summed E-state index contributed by atoms with van der Waals surface area (Å²) in [5.74, 6) is 0. The van der Waals surface area contributed by atoms with Crippen molar-refractivity contribution in [2.24, 2.45) is 0 Å². The van der Waals surface area contributed by atoms with Crippen LogP contribution in [0.15, 0.2) is 12.2 Å². The largest absolute Gasteiger partial charge is 0.396 e. The lowest BCUT2D eigenvalue weighted by Crippen LogP contribution is -1.97. The van der Waals surface area contributed by atoms with Crippen molar-refractivity contribution >= 4 is 0 Å². The predicted molar refractivity (Wildman–Crippen MR) is 74.3 cm³/mol. The average molecular weight is 242 g/mol. The van der Waals surface area contributed by atoms with Crippen molar-refractivity contribution in [1.29, 1.82) is 0 Å². The molecule has 0 radical (unpaired) electrons. The van der Waals surface area contributed by atoms with Gasteiger partial charge in [-0.2, -0.15) is 0 Å². The molecular formula is C15H30O2. The second kappa shape index (κ2) is 15.7. The van der Waals surface area contributed by atoms with Gasteiger partial charge in [-0.1, -0.05) is 51.2 Å². The zero-order valence-corrected chi connectivity index (χ0v) is 11.5. The lowest BCUT2D eigenvalue weighted by Gasteiger charge is -1.99. The van der Waals surface area contributed by atoms with Crippen LogP contribution in [0.5, 0.6) is 0 Å². The first-order valence-electron chi connectivity index (χ1n) is 7.25. The fourth-order valence-electron chi connectivity index (χ4n) is 1.70. The van der Waals surface area contributed by atoms with Crippen molar-refractivity contribution in [3.63, 3.8) is 0 Å². The van der Waals surface area contributed by atoms with Crippen LogP contribution in [0.25, 0.3) is 0 Å². The predicted octanol–water partition coefficient (Wildman–Crippen LogP) is 4.08. The summed E-state index contributed by atoms with van der Waals surface area (Å²) in [5, 5.41) is 8.55. The van der Waals surface area contributed by atoms with E-state index in [4.69, 9.17) is 9.84 Å². The summed E-state index contributed by atoms with van der Waals surface area (Å²) in [6.07, 6.45) is 15.7. The number of rotatable bonds is 13. The Bertz CT molecular complexity index is 155. The smallest absolute Gasteiger partial charge is 0.0500 e. The third kappa shape index (κ3) is 15.7. The summed E-state index contributed by atoms with van der Waals surface area (Å²) < 4.78 is 5.33. The van der Waals surface area contributed by atoms with E-state index < -0.39 is 0 Å². The molecule has 102 valence electrons. The molecule has 0 aromatic heterocycles. The van der Waals surface area contributed by atoms with Crippen molar-refractivity contribution in [3.05, 3.63) is 12.2 Å². The van der Waals surface area contributed by atoms with Gasteiger partial charge in [-0.05, 0) is 25.7 Å². The van der Waals surface area contributed by atoms with Crippen LogP contribution in [-0.4, -0.2) is 24.9 Å². The first-order valence-corrected chi connectivity index (χ1v) is 7.25. The van der Waals surface area contributed by atoms with Crippen molar-refractivity contribution in [3.8, 4) is 0 Å². The second-order valence-corrected chi connectivity index (χ2v) is 4.51. The van der Waals surface area contributed by atoms with E-state index in [1.807, 2.05) is 0 Å². The van der Waals surface area contributed by atoms with E-state index in [1.165, 1.54) is 44.9 Å². The number of unbranched alkanes of at least 4 members (excludes halogenated alkanes) is 6. The standard InChI is InChI=1S/C15H30O2/c1-2-3-4-5-6-7-8-9-10-11-14-17-15-12-13-16/h9-10,16H,2-8,11-15H2,1H3. The van der Waals surface area contributed by atoms with Gasteiger partial charge in [0, 0.05) is 13.2 Å². The highest BCUT2D eigenvalue weighted by molar-refractivity contribution is 4.81. The summed E-state index contributed by atoms with van der Waals surface area (Å²) in [7, 11) is 0.